The summed E-state index contributed by atoms with van der Waals surface area (Å²) in [5.74, 6) is 0.351. The number of carbonyl (C=O) groups is 1. The lowest BCUT2D eigenvalue weighted by Gasteiger charge is -2.08. The first-order valence-corrected chi connectivity index (χ1v) is 7.00. The van der Waals surface area contributed by atoms with Crippen molar-refractivity contribution in [1.82, 2.24) is 0 Å². The molecule has 0 radical (unpaired) electrons. The Morgan fingerprint density at radius 2 is 1.91 bits per heavy atom. The minimum Gasteiger partial charge on any atom is -0.497 e. The third-order valence-corrected chi connectivity index (χ3v) is 3.27. The van der Waals surface area contributed by atoms with Gasteiger partial charge in [-0.2, -0.15) is 0 Å². The smallest absolute Gasteiger partial charge is 0.191 e. The van der Waals surface area contributed by atoms with E-state index in [-0.39, 0.29) is 11.6 Å². The quantitative estimate of drug-likeness (QED) is 0.647. The molecule has 2 rings (SSSR count). The van der Waals surface area contributed by atoms with Crippen LogP contribution in [0.2, 0.25) is 0 Å². The Morgan fingerprint density at radius 1 is 1.13 bits per heavy atom. The molecular weight excluding hydrogens is 297 g/mol. The second-order valence-corrected chi connectivity index (χ2v) is 4.89. The summed E-state index contributed by atoms with van der Waals surface area (Å²) in [6, 6.07) is 9.78. The summed E-state index contributed by atoms with van der Waals surface area (Å²) in [7, 11) is 3.01. The van der Waals surface area contributed by atoms with Gasteiger partial charge >= 0.3 is 0 Å². The Kier molecular flexibility index (Phi) is 5.36. The first kappa shape index (κ1) is 16.5. The SMILES string of the molecule is COc1ccc(OC)c(C(=O)/C=C/Nc2ccc(C)cc2F)c1. The number of aryl methyl sites for hydroxylation is 1. The van der Waals surface area contributed by atoms with E-state index in [9.17, 15) is 9.18 Å². The minimum absolute atomic E-state index is 0.277. The zero-order valence-corrected chi connectivity index (χ0v) is 13.2. The van der Waals surface area contributed by atoms with Crippen molar-refractivity contribution in [2.75, 3.05) is 19.5 Å². The molecule has 1 N–H and O–H groups in total. The van der Waals surface area contributed by atoms with Crippen molar-refractivity contribution in [3.05, 3.63) is 65.6 Å². The summed E-state index contributed by atoms with van der Waals surface area (Å²) >= 11 is 0. The lowest BCUT2D eigenvalue weighted by molar-refractivity contribution is 0.104. The zero-order chi connectivity index (χ0) is 16.8. The van der Waals surface area contributed by atoms with Crippen LogP contribution >= 0.6 is 0 Å². The second-order valence-electron chi connectivity index (χ2n) is 4.89. The zero-order valence-electron chi connectivity index (χ0n) is 13.2. The highest BCUT2D eigenvalue weighted by Gasteiger charge is 2.11. The topological polar surface area (TPSA) is 47.6 Å². The van der Waals surface area contributed by atoms with Gasteiger partial charge in [-0.25, -0.2) is 4.39 Å². The van der Waals surface area contributed by atoms with Crippen LogP contribution < -0.4 is 14.8 Å². The highest BCUT2D eigenvalue weighted by Crippen LogP contribution is 2.24. The number of rotatable bonds is 6. The molecule has 0 saturated carbocycles. The van der Waals surface area contributed by atoms with Crippen molar-refractivity contribution in [2.24, 2.45) is 0 Å². The highest BCUT2D eigenvalue weighted by molar-refractivity contribution is 6.06. The van der Waals surface area contributed by atoms with Crippen molar-refractivity contribution in [1.29, 1.82) is 0 Å². The number of ketones is 1. The van der Waals surface area contributed by atoms with Gasteiger partial charge in [0.05, 0.1) is 25.5 Å². The van der Waals surface area contributed by atoms with Crippen LogP contribution in [-0.4, -0.2) is 20.0 Å². The van der Waals surface area contributed by atoms with E-state index < -0.39 is 0 Å². The summed E-state index contributed by atoms with van der Waals surface area (Å²) in [6.45, 7) is 1.81. The Balaban J connectivity index is 2.15. The predicted octanol–water partition coefficient (Wildman–Crippen LogP) is 3.96. The Bertz CT molecular complexity index is 741. The van der Waals surface area contributed by atoms with Crippen LogP contribution in [0.25, 0.3) is 0 Å². The van der Waals surface area contributed by atoms with Crippen molar-refractivity contribution in [3.63, 3.8) is 0 Å². The van der Waals surface area contributed by atoms with Crippen LogP contribution in [0.1, 0.15) is 15.9 Å². The first-order valence-electron chi connectivity index (χ1n) is 7.00. The van der Waals surface area contributed by atoms with Gasteiger partial charge in [-0.05, 0) is 42.8 Å². The molecule has 0 aliphatic heterocycles. The molecule has 5 heteroatoms. The van der Waals surface area contributed by atoms with Gasteiger partial charge in [0.25, 0.3) is 0 Å². The average molecular weight is 315 g/mol. The molecule has 0 atom stereocenters. The lowest BCUT2D eigenvalue weighted by atomic mass is 10.1. The largest absolute Gasteiger partial charge is 0.497 e. The Labute approximate surface area is 134 Å². The molecule has 0 spiro atoms. The van der Waals surface area contributed by atoms with E-state index in [0.717, 1.165) is 5.56 Å². The molecule has 0 unspecified atom stereocenters. The van der Waals surface area contributed by atoms with E-state index in [2.05, 4.69) is 5.32 Å². The maximum absolute atomic E-state index is 13.7. The summed E-state index contributed by atoms with van der Waals surface area (Å²) in [4.78, 5) is 12.3. The van der Waals surface area contributed by atoms with Crippen LogP contribution in [0.15, 0.2) is 48.7 Å². The number of carbonyl (C=O) groups excluding carboxylic acids is 1. The average Bonchev–Trinajstić information content (AvgIpc) is 2.56. The molecule has 0 saturated heterocycles. The lowest BCUT2D eigenvalue weighted by Crippen LogP contribution is -2.01. The van der Waals surface area contributed by atoms with Crippen LogP contribution in [0.5, 0.6) is 11.5 Å². The summed E-state index contributed by atoms with van der Waals surface area (Å²) < 4.78 is 24.0. The van der Waals surface area contributed by atoms with Crippen molar-refractivity contribution >= 4 is 11.5 Å². The standard InChI is InChI=1S/C18H18FNO3/c1-12-4-6-16(15(19)10-12)20-9-8-17(21)14-11-13(22-2)5-7-18(14)23-3/h4-11,20H,1-3H3/b9-8+. The first-order chi connectivity index (χ1) is 11.0. The number of methoxy groups -OCH3 is 2. The molecule has 0 aliphatic rings. The van der Waals surface area contributed by atoms with E-state index in [1.165, 1.54) is 32.6 Å². The minimum atomic E-state index is -0.374. The fourth-order valence-corrected chi connectivity index (χ4v) is 2.04. The molecule has 23 heavy (non-hydrogen) atoms. The molecule has 0 amide bonds. The molecule has 0 fully saturated rings. The number of nitrogens with one attached hydrogen (secondary N) is 1. The van der Waals surface area contributed by atoms with Crippen LogP contribution in [0.3, 0.4) is 0 Å². The molecular formula is C18H18FNO3. The monoisotopic (exact) mass is 315 g/mol. The summed E-state index contributed by atoms with van der Waals surface area (Å²) in [5, 5.41) is 2.76. The number of allylic oxidation sites excluding steroid dienone is 1. The Morgan fingerprint density at radius 3 is 2.57 bits per heavy atom. The second kappa shape index (κ2) is 7.45. The molecule has 0 heterocycles. The number of halogens is 1. The van der Waals surface area contributed by atoms with Crippen molar-refractivity contribution in [3.8, 4) is 11.5 Å². The van der Waals surface area contributed by atoms with Crippen LogP contribution in [-0.2, 0) is 0 Å². The Hall–Kier alpha value is -2.82. The fraction of sp³-hybridized carbons (Fsp3) is 0.167. The molecule has 2 aromatic rings. The third kappa shape index (κ3) is 4.10. The molecule has 0 aromatic heterocycles. The van der Waals surface area contributed by atoms with Crippen molar-refractivity contribution in [2.45, 2.75) is 6.92 Å². The van der Waals surface area contributed by atoms with Gasteiger partial charge in [-0.3, -0.25) is 4.79 Å². The molecule has 0 bridgehead atoms. The van der Waals surface area contributed by atoms with Gasteiger partial charge in [-0.15, -0.1) is 0 Å². The maximum Gasteiger partial charge on any atom is 0.191 e. The number of anilines is 1. The summed E-state index contributed by atoms with van der Waals surface area (Å²) in [5.41, 5.74) is 1.50. The highest BCUT2D eigenvalue weighted by atomic mass is 19.1. The molecule has 4 nitrogen and oxygen atoms in total. The normalized spacial score (nSPS) is 10.6. The third-order valence-electron chi connectivity index (χ3n) is 3.27. The van der Waals surface area contributed by atoms with Gasteiger partial charge in [0.1, 0.15) is 17.3 Å². The van der Waals surface area contributed by atoms with Gasteiger partial charge < -0.3 is 14.8 Å². The van der Waals surface area contributed by atoms with E-state index in [1.54, 1.807) is 37.3 Å². The molecule has 0 aliphatic carbocycles. The van der Waals surface area contributed by atoms with Gasteiger partial charge in [-0.1, -0.05) is 6.07 Å². The molecule has 2 aromatic carbocycles. The predicted molar refractivity (Wildman–Crippen MR) is 87.8 cm³/mol. The number of benzene rings is 2. The van der Waals surface area contributed by atoms with Crippen LogP contribution in [0, 0.1) is 12.7 Å². The molecule has 120 valence electrons. The number of ether oxygens (including phenoxy) is 2. The van der Waals surface area contributed by atoms with E-state index in [4.69, 9.17) is 9.47 Å². The van der Waals surface area contributed by atoms with E-state index in [1.807, 2.05) is 0 Å². The van der Waals surface area contributed by atoms with Gasteiger partial charge in [0.15, 0.2) is 5.78 Å². The van der Waals surface area contributed by atoms with Crippen LogP contribution in [0.4, 0.5) is 10.1 Å². The van der Waals surface area contributed by atoms with E-state index in [0.29, 0.717) is 22.7 Å². The van der Waals surface area contributed by atoms with Gasteiger partial charge in [0.2, 0.25) is 0 Å². The maximum atomic E-state index is 13.7. The fourth-order valence-electron chi connectivity index (χ4n) is 2.04. The number of hydrogen-bond donors (Lipinski definition) is 1. The van der Waals surface area contributed by atoms with Crippen molar-refractivity contribution < 1.29 is 18.7 Å². The van der Waals surface area contributed by atoms with Gasteiger partial charge in [0, 0.05) is 12.3 Å². The number of hydrogen-bond acceptors (Lipinski definition) is 4. The summed E-state index contributed by atoms with van der Waals surface area (Å²) in [6.07, 6.45) is 2.71. The van der Waals surface area contributed by atoms with E-state index >= 15 is 0 Å².